The summed E-state index contributed by atoms with van der Waals surface area (Å²) < 4.78 is 5.57. The van der Waals surface area contributed by atoms with Crippen LogP contribution < -0.4 is 15.8 Å². The van der Waals surface area contributed by atoms with Crippen molar-refractivity contribution >= 4 is 29.0 Å². The summed E-state index contributed by atoms with van der Waals surface area (Å²) in [5.41, 5.74) is 8.01. The van der Waals surface area contributed by atoms with E-state index in [0.29, 0.717) is 17.1 Å². The third-order valence-electron chi connectivity index (χ3n) is 2.96. The van der Waals surface area contributed by atoms with Gasteiger partial charge in [0.05, 0.1) is 0 Å². The molecule has 0 fully saturated rings. The maximum atomic E-state index is 12.0. The summed E-state index contributed by atoms with van der Waals surface area (Å²) in [6, 6.07) is 13.0. The van der Waals surface area contributed by atoms with Gasteiger partial charge in [-0.05, 0) is 43.0 Å². The number of benzene rings is 2. The van der Waals surface area contributed by atoms with Gasteiger partial charge < -0.3 is 15.8 Å². The van der Waals surface area contributed by atoms with Crippen molar-refractivity contribution in [3.63, 3.8) is 0 Å². The molecular weight excluding hydrogens is 284 g/mol. The number of nitrogen functional groups attached to an aromatic ring is 1. The number of para-hydroxylation sites is 1. The number of nitrogens with one attached hydrogen (secondary N) is 1. The molecule has 0 saturated heterocycles. The largest absolute Gasteiger partial charge is 0.483 e. The first-order chi connectivity index (χ1) is 10.1. The van der Waals surface area contributed by atoms with Gasteiger partial charge in [-0.25, -0.2) is 0 Å². The van der Waals surface area contributed by atoms with Crippen LogP contribution in [0.15, 0.2) is 47.4 Å². The first-order valence-electron chi connectivity index (χ1n) is 6.52. The molecule has 0 aromatic heterocycles. The standard InChI is InChI=1S/C16H18N2O2S/c1-11-7-8-12(17)9-13(11)18-16(19)10-20-14-5-3-4-6-15(14)21-2/h3-9H,10,17H2,1-2H3,(H,18,19). The quantitative estimate of drug-likeness (QED) is 0.657. The molecule has 0 aliphatic rings. The second-order valence-corrected chi connectivity index (χ2v) is 5.41. The van der Waals surface area contributed by atoms with Crippen LogP contribution in [0.4, 0.5) is 11.4 Å². The fraction of sp³-hybridized carbons (Fsp3) is 0.188. The van der Waals surface area contributed by atoms with Gasteiger partial charge in [-0.1, -0.05) is 18.2 Å². The summed E-state index contributed by atoms with van der Waals surface area (Å²) >= 11 is 1.58. The van der Waals surface area contributed by atoms with Crippen molar-refractivity contribution in [1.82, 2.24) is 0 Å². The maximum Gasteiger partial charge on any atom is 0.262 e. The van der Waals surface area contributed by atoms with E-state index in [2.05, 4.69) is 5.32 Å². The van der Waals surface area contributed by atoms with Gasteiger partial charge in [0.15, 0.2) is 6.61 Å². The maximum absolute atomic E-state index is 12.0. The lowest BCUT2D eigenvalue weighted by Gasteiger charge is -2.11. The molecule has 0 saturated carbocycles. The number of amides is 1. The van der Waals surface area contributed by atoms with Crippen molar-refractivity contribution in [2.24, 2.45) is 0 Å². The fourth-order valence-corrected chi connectivity index (χ4v) is 2.38. The van der Waals surface area contributed by atoms with Crippen LogP contribution in [0, 0.1) is 6.92 Å². The summed E-state index contributed by atoms with van der Waals surface area (Å²) in [6.45, 7) is 1.88. The number of rotatable bonds is 5. The molecule has 0 heterocycles. The topological polar surface area (TPSA) is 64.3 Å². The van der Waals surface area contributed by atoms with E-state index in [4.69, 9.17) is 10.5 Å². The molecule has 2 aromatic carbocycles. The Morgan fingerprint density at radius 2 is 2.05 bits per heavy atom. The molecule has 0 radical (unpaired) electrons. The van der Waals surface area contributed by atoms with E-state index >= 15 is 0 Å². The number of carbonyl (C=O) groups is 1. The number of hydrogen-bond donors (Lipinski definition) is 2. The van der Waals surface area contributed by atoms with Crippen LogP contribution in [0.25, 0.3) is 0 Å². The molecule has 110 valence electrons. The summed E-state index contributed by atoms with van der Waals surface area (Å²) in [5, 5.41) is 2.81. The van der Waals surface area contributed by atoms with Crippen molar-refractivity contribution in [3.05, 3.63) is 48.0 Å². The van der Waals surface area contributed by atoms with Crippen molar-refractivity contribution in [2.45, 2.75) is 11.8 Å². The number of aryl methyl sites for hydroxylation is 1. The zero-order valence-corrected chi connectivity index (χ0v) is 12.9. The van der Waals surface area contributed by atoms with Gasteiger partial charge in [-0.3, -0.25) is 4.79 Å². The van der Waals surface area contributed by atoms with Crippen LogP contribution in [0.1, 0.15) is 5.56 Å². The zero-order chi connectivity index (χ0) is 15.2. The van der Waals surface area contributed by atoms with E-state index in [0.717, 1.165) is 10.5 Å². The van der Waals surface area contributed by atoms with Crippen molar-refractivity contribution in [1.29, 1.82) is 0 Å². The predicted molar refractivity (Wildman–Crippen MR) is 87.9 cm³/mol. The fourth-order valence-electron chi connectivity index (χ4n) is 1.84. The Morgan fingerprint density at radius 3 is 2.81 bits per heavy atom. The summed E-state index contributed by atoms with van der Waals surface area (Å²) in [7, 11) is 0. The molecule has 21 heavy (non-hydrogen) atoms. The van der Waals surface area contributed by atoms with Crippen LogP contribution >= 0.6 is 11.8 Å². The molecular formula is C16H18N2O2S. The SMILES string of the molecule is CSc1ccccc1OCC(=O)Nc1cc(N)ccc1C. The number of anilines is 2. The third kappa shape index (κ3) is 4.16. The van der Waals surface area contributed by atoms with E-state index in [9.17, 15) is 4.79 Å². The van der Waals surface area contributed by atoms with E-state index in [1.165, 1.54) is 0 Å². The van der Waals surface area contributed by atoms with Gasteiger partial charge in [0.2, 0.25) is 0 Å². The molecule has 4 nitrogen and oxygen atoms in total. The lowest BCUT2D eigenvalue weighted by molar-refractivity contribution is -0.118. The van der Waals surface area contributed by atoms with Gasteiger partial charge in [0.25, 0.3) is 5.91 Å². The Hall–Kier alpha value is -2.14. The highest BCUT2D eigenvalue weighted by atomic mass is 32.2. The minimum absolute atomic E-state index is 0.0359. The van der Waals surface area contributed by atoms with Crippen molar-refractivity contribution in [2.75, 3.05) is 23.9 Å². The summed E-state index contributed by atoms with van der Waals surface area (Å²) in [4.78, 5) is 13.0. The van der Waals surface area contributed by atoms with E-state index in [-0.39, 0.29) is 12.5 Å². The Balaban J connectivity index is 1.97. The average Bonchev–Trinajstić information content (AvgIpc) is 2.49. The van der Waals surface area contributed by atoms with E-state index < -0.39 is 0 Å². The molecule has 2 aromatic rings. The smallest absolute Gasteiger partial charge is 0.262 e. The molecule has 0 bridgehead atoms. The Bertz CT molecular complexity index is 644. The lowest BCUT2D eigenvalue weighted by Crippen LogP contribution is -2.20. The summed E-state index contributed by atoms with van der Waals surface area (Å²) in [6.07, 6.45) is 1.97. The number of carbonyl (C=O) groups excluding carboxylic acids is 1. The highest BCUT2D eigenvalue weighted by Gasteiger charge is 2.08. The van der Waals surface area contributed by atoms with Crippen LogP contribution in [0.5, 0.6) is 5.75 Å². The first-order valence-corrected chi connectivity index (χ1v) is 7.74. The number of thioether (sulfide) groups is 1. The average molecular weight is 302 g/mol. The van der Waals surface area contributed by atoms with Gasteiger partial charge in [0, 0.05) is 16.3 Å². The highest BCUT2D eigenvalue weighted by Crippen LogP contribution is 2.26. The van der Waals surface area contributed by atoms with Crippen LogP contribution in [0.3, 0.4) is 0 Å². The molecule has 5 heteroatoms. The molecule has 1 amide bonds. The van der Waals surface area contributed by atoms with Crippen LogP contribution in [-0.2, 0) is 4.79 Å². The molecule has 3 N–H and O–H groups in total. The molecule has 0 aliphatic carbocycles. The monoisotopic (exact) mass is 302 g/mol. The lowest BCUT2D eigenvalue weighted by atomic mass is 10.2. The number of hydrogen-bond acceptors (Lipinski definition) is 4. The highest BCUT2D eigenvalue weighted by molar-refractivity contribution is 7.98. The second kappa shape index (κ2) is 7.04. The number of ether oxygens (including phenoxy) is 1. The van der Waals surface area contributed by atoms with Gasteiger partial charge in [-0.15, -0.1) is 11.8 Å². The third-order valence-corrected chi connectivity index (χ3v) is 3.74. The Morgan fingerprint density at radius 1 is 1.29 bits per heavy atom. The first kappa shape index (κ1) is 15.3. The van der Waals surface area contributed by atoms with E-state index in [1.54, 1.807) is 23.9 Å². The van der Waals surface area contributed by atoms with Crippen LogP contribution in [-0.4, -0.2) is 18.8 Å². The van der Waals surface area contributed by atoms with E-state index in [1.807, 2.05) is 43.5 Å². The molecule has 0 spiro atoms. The Labute approximate surface area is 128 Å². The molecule has 2 rings (SSSR count). The van der Waals surface area contributed by atoms with Crippen molar-refractivity contribution in [3.8, 4) is 5.75 Å². The minimum Gasteiger partial charge on any atom is -0.483 e. The summed E-state index contributed by atoms with van der Waals surface area (Å²) in [5.74, 6) is 0.504. The number of nitrogens with two attached hydrogens (primary N) is 1. The van der Waals surface area contributed by atoms with Gasteiger partial charge in [-0.2, -0.15) is 0 Å². The van der Waals surface area contributed by atoms with Gasteiger partial charge in [0.1, 0.15) is 5.75 Å². The Kier molecular flexibility index (Phi) is 5.11. The normalized spacial score (nSPS) is 10.2. The van der Waals surface area contributed by atoms with Crippen molar-refractivity contribution < 1.29 is 9.53 Å². The zero-order valence-electron chi connectivity index (χ0n) is 12.1. The molecule has 0 aliphatic heterocycles. The second-order valence-electron chi connectivity index (χ2n) is 4.56. The van der Waals surface area contributed by atoms with Gasteiger partial charge >= 0.3 is 0 Å². The minimum atomic E-state index is -0.209. The molecule has 0 atom stereocenters. The van der Waals surface area contributed by atoms with Crippen LogP contribution in [0.2, 0.25) is 0 Å². The molecule has 0 unspecified atom stereocenters. The predicted octanol–water partition coefficient (Wildman–Crippen LogP) is 3.32.